The molecule has 1 rings (SSSR count). The monoisotopic (exact) mass is 336 g/mol. The number of rotatable bonds is 5. The summed E-state index contributed by atoms with van der Waals surface area (Å²) < 4.78 is 13.3. The third-order valence-electron chi connectivity index (χ3n) is 2.37. The van der Waals surface area contributed by atoms with E-state index in [4.69, 9.17) is 0 Å². The third kappa shape index (κ3) is 4.68. The van der Waals surface area contributed by atoms with Crippen molar-refractivity contribution < 1.29 is 19.4 Å². The van der Waals surface area contributed by atoms with Crippen molar-refractivity contribution in [1.82, 2.24) is 0 Å². The molecule has 0 aliphatic heterocycles. The lowest BCUT2D eigenvalue weighted by molar-refractivity contribution is -0.109. The highest BCUT2D eigenvalue weighted by Crippen LogP contribution is 2.25. The van der Waals surface area contributed by atoms with Gasteiger partial charge in [0.1, 0.15) is 11.9 Å². The minimum atomic E-state index is -1.09. The molecule has 0 fully saturated rings. The summed E-state index contributed by atoms with van der Waals surface area (Å²) in [6, 6.07) is 4.08. The van der Waals surface area contributed by atoms with E-state index in [0.717, 1.165) is 11.8 Å². The van der Waals surface area contributed by atoms with E-state index in [1.807, 2.05) is 0 Å². The van der Waals surface area contributed by atoms with Crippen LogP contribution in [0.3, 0.4) is 0 Å². The van der Waals surface area contributed by atoms with Crippen molar-refractivity contribution in [1.29, 1.82) is 0 Å². The standard InChI is InChI=1S/C12H14BrFO3S/c1-7(15)18-5-4-11(16)12(17)8-2-3-10(14)9(13)6-8/h2-3,6,11-12,16-17H,4-5H2,1H3. The number of carbonyl (C=O) groups excluding carboxylic acids is 1. The van der Waals surface area contributed by atoms with E-state index in [1.165, 1.54) is 25.1 Å². The Labute approximate surface area is 118 Å². The maximum atomic E-state index is 13.0. The molecule has 0 amide bonds. The molecule has 2 N–H and O–H groups in total. The Morgan fingerprint density at radius 1 is 1.50 bits per heavy atom. The molecule has 0 saturated heterocycles. The molecular weight excluding hydrogens is 323 g/mol. The third-order valence-corrected chi connectivity index (χ3v) is 3.82. The quantitative estimate of drug-likeness (QED) is 0.867. The first-order valence-electron chi connectivity index (χ1n) is 5.36. The van der Waals surface area contributed by atoms with E-state index in [9.17, 15) is 19.4 Å². The Bertz CT molecular complexity index is 428. The van der Waals surface area contributed by atoms with E-state index >= 15 is 0 Å². The first-order valence-corrected chi connectivity index (χ1v) is 7.14. The van der Waals surface area contributed by atoms with Gasteiger partial charge in [0.15, 0.2) is 5.12 Å². The van der Waals surface area contributed by atoms with Crippen LogP contribution in [0.1, 0.15) is 25.0 Å². The predicted molar refractivity (Wildman–Crippen MR) is 72.8 cm³/mol. The van der Waals surface area contributed by atoms with Gasteiger partial charge in [-0.25, -0.2) is 4.39 Å². The second-order valence-corrected chi connectivity index (χ2v) is 5.94. The van der Waals surface area contributed by atoms with Gasteiger partial charge in [0.05, 0.1) is 10.6 Å². The smallest absolute Gasteiger partial charge is 0.185 e. The average Bonchev–Trinajstić information content (AvgIpc) is 2.31. The second kappa shape index (κ2) is 7.23. The molecule has 1 aromatic carbocycles. The van der Waals surface area contributed by atoms with Crippen LogP contribution in [0, 0.1) is 5.82 Å². The average molecular weight is 337 g/mol. The van der Waals surface area contributed by atoms with Gasteiger partial charge in [0, 0.05) is 12.7 Å². The first-order chi connectivity index (χ1) is 8.41. The SMILES string of the molecule is CC(=O)SCCC(O)C(O)c1ccc(F)c(Br)c1. The van der Waals surface area contributed by atoms with Crippen molar-refractivity contribution in [2.24, 2.45) is 0 Å². The lowest BCUT2D eigenvalue weighted by Gasteiger charge is -2.18. The van der Waals surface area contributed by atoms with Gasteiger partial charge >= 0.3 is 0 Å². The zero-order valence-electron chi connectivity index (χ0n) is 9.77. The molecule has 3 nitrogen and oxygen atoms in total. The van der Waals surface area contributed by atoms with Crippen LogP contribution in [-0.2, 0) is 4.79 Å². The van der Waals surface area contributed by atoms with Crippen molar-refractivity contribution in [3.8, 4) is 0 Å². The number of hydrogen-bond donors (Lipinski definition) is 2. The van der Waals surface area contributed by atoms with Crippen LogP contribution in [0.25, 0.3) is 0 Å². The van der Waals surface area contributed by atoms with Crippen LogP contribution in [0.2, 0.25) is 0 Å². The van der Waals surface area contributed by atoms with Crippen molar-refractivity contribution >= 4 is 32.8 Å². The van der Waals surface area contributed by atoms with Crippen molar-refractivity contribution in [2.45, 2.75) is 25.6 Å². The highest BCUT2D eigenvalue weighted by atomic mass is 79.9. The van der Waals surface area contributed by atoms with E-state index in [2.05, 4.69) is 15.9 Å². The van der Waals surface area contributed by atoms with Gasteiger partial charge in [0.2, 0.25) is 0 Å². The maximum Gasteiger partial charge on any atom is 0.185 e. The second-order valence-electron chi connectivity index (χ2n) is 3.81. The van der Waals surface area contributed by atoms with Crippen LogP contribution >= 0.6 is 27.7 Å². The molecule has 2 unspecified atom stereocenters. The molecule has 0 spiro atoms. The number of hydrogen-bond acceptors (Lipinski definition) is 4. The number of benzene rings is 1. The summed E-state index contributed by atoms with van der Waals surface area (Å²) >= 11 is 4.12. The summed E-state index contributed by atoms with van der Waals surface area (Å²) in [4.78, 5) is 10.7. The normalized spacial score (nSPS) is 14.3. The highest BCUT2D eigenvalue weighted by Gasteiger charge is 2.19. The molecule has 6 heteroatoms. The molecule has 0 aromatic heterocycles. The fourth-order valence-electron chi connectivity index (χ4n) is 1.40. The van der Waals surface area contributed by atoms with E-state index in [-0.39, 0.29) is 9.59 Å². The van der Waals surface area contributed by atoms with Crippen molar-refractivity contribution in [3.63, 3.8) is 0 Å². The molecule has 2 atom stereocenters. The zero-order valence-corrected chi connectivity index (χ0v) is 12.2. The molecule has 18 heavy (non-hydrogen) atoms. The summed E-state index contributed by atoms with van der Waals surface area (Å²) in [6.07, 6.45) is -1.77. The molecule has 100 valence electrons. The number of aliphatic hydroxyl groups is 2. The van der Waals surface area contributed by atoms with Crippen LogP contribution in [-0.4, -0.2) is 27.2 Å². The molecule has 0 bridgehead atoms. The van der Waals surface area contributed by atoms with Gasteiger partial charge in [0.25, 0.3) is 0 Å². The number of aliphatic hydroxyl groups excluding tert-OH is 2. The maximum absolute atomic E-state index is 13.0. The Kier molecular flexibility index (Phi) is 6.28. The number of halogens is 2. The van der Waals surface area contributed by atoms with Gasteiger partial charge in [-0.3, -0.25) is 4.79 Å². The van der Waals surface area contributed by atoms with Gasteiger partial charge in [-0.05, 0) is 40.0 Å². The fourth-order valence-corrected chi connectivity index (χ4v) is 2.44. The fraction of sp³-hybridized carbons (Fsp3) is 0.417. The summed E-state index contributed by atoms with van der Waals surface area (Å²) in [5, 5.41) is 19.6. The van der Waals surface area contributed by atoms with Crippen LogP contribution in [0.4, 0.5) is 4.39 Å². The molecular formula is C12H14BrFO3S. The summed E-state index contributed by atoms with van der Waals surface area (Å²) in [7, 11) is 0. The summed E-state index contributed by atoms with van der Waals surface area (Å²) in [6.45, 7) is 1.45. The van der Waals surface area contributed by atoms with Gasteiger partial charge in [-0.15, -0.1) is 0 Å². The molecule has 0 heterocycles. The largest absolute Gasteiger partial charge is 0.390 e. The summed E-state index contributed by atoms with van der Waals surface area (Å²) in [5.41, 5.74) is 0.434. The highest BCUT2D eigenvalue weighted by molar-refractivity contribution is 9.10. The molecule has 1 aromatic rings. The Hall–Kier alpha value is -0.430. The van der Waals surface area contributed by atoms with Crippen molar-refractivity contribution in [2.75, 3.05) is 5.75 Å². The van der Waals surface area contributed by atoms with Crippen LogP contribution < -0.4 is 0 Å². The molecule has 0 saturated carbocycles. The van der Waals surface area contributed by atoms with Crippen LogP contribution in [0.15, 0.2) is 22.7 Å². The Balaban J connectivity index is 2.59. The van der Waals surface area contributed by atoms with Gasteiger partial charge < -0.3 is 10.2 Å². The van der Waals surface area contributed by atoms with Crippen molar-refractivity contribution in [3.05, 3.63) is 34.1 Å². The predicted octanol–water partition coefficient (Wildman–Crippen LogP) is 2.65. The first kappa shape index (κ1) is 15.6. The minimum Gasteiger partial charge on any atom is -0.390 e. The molecule has 0 aliphatic rings. The number of carbonyl (C=O) groups is 1. The zero-order chi connectivity index (χ0) is 13.7. The minimum absolute atomic E-state index is 0.0267. The lowest BCUT2D eigenvalue weighted by Crippen LogP contribution is -2.19. The summed E-state index contributed by atoms with van der Waals surface area (Å²) in [5.74, 6) is 0.0169. The number of thioether (sulfide) groups is 1. The lowest BCUT2D eigenvalue weighted by atomic mass is 10.0. The van der Waals surface area contributed by atoms with E-state index in [0.29, 0.717) is 17.7 Å². The van der Waals surface area contributed by atoms with Gasteiger partial charge in [-0.1, -0.05) is 17.8 Å². The van der Waals surface area contributed by atoms with Gasteiger partial charge in [-0.2, -0.15) is 0 Å². The Morgan fingerprint density at radius 3 is 2.72 bits per heavy atom. The van der Waals surface area contributed by atoms with E-state index in [1.54, 1.807) is 0 Å². The molecule has 0 radical (unpaired) electrons. The Morgan fingerprint density at radius 2 is 2.17 bits per heavy atom. The van der Waals surface area contributed by atoms with E-state index < -0.39 is 18.0 Å². The topological polar surface area (TPSA) is 57.5 Å². The molecule has 0 aliphatic carbocycles. The van der Waals surface area contributed by atoms with Crippen LogP contribution in [0.5, 0.6) is 0 Å².